The van der Waals surface area contributed by atoms with E-state index in [0.29, 0.717) is 23.0 Å². The Hall–Kier alpha value is -2.35. The Kier molecular flexibility index (Phi) is 3.87. The summed E-state index contributed by atoms with van der Waals surface area (Å²) in [5.74, 6) is 1.25. The number of hydrogen-bond acceptors (Lipinski definition) is 4. The van der Waals surface area contributed by atoms with E-state index in [-0.39, 0.29) is 4.90 Å². The van der Waals surface area contributed by atoms with E-state index in [0.717, 1.165) is 16.9 Å². The molecule has 0 aliphatic heterocycles. The van der Waals surface area contributed by atoms with Crippen LogP contribution in [0.5, 0.6) is 0 Å². The molecule has 0 saturated heterocycles. The third-order valence-corrected chi connectivity index (χ3v) is 5.66. The minimum absolute atomic E-state index is 0.187. The van der Waals surface area contributed by atoms with Crippen LogP contribution < -0.4 is 4.72 Å². The highest BCUT2D eigenvalue weighted by atomic mass is 32.2. The van der Waals surface area contributed by atoms with Gasteiger partial charge in [-0.25, -0.2) is 13.4 Å². The Balaban J connectivity index is 2.02. The molecule has 8 heteroatoms. The largest absolute Gasteiger partial charge is 0.331 e. The monoisotopic (exact) mass is 347 g/mol. The van der Waals surface area contributed by atoms with Gasteiger partial charge in [0.1, 0.15) is 10.7 Å². The zero-order chi connectivity index (χ0) is 17.6. The predicted octanol–water partition coefficient (Wildman–Crippen LogP) is 2.84. The molecular formula is C16H21N5O2S. The number of aromatic amines is 1. The summed E-state index contributed by atoms with van der Waals surface area (Å²) in [7, 11) is -1.73. The van der Waals surface area contributed by atoms with Gasteiger partial charge in [-0.3, -0.25) is 9.82 Å². The third-order valence-electron chi connectivity index (χ3n) is 4.01. The second-order valence-electron chi connectivity index (χ2n) is 6.26. The molecule has 128 valence electrons. The van der Waals surface area contributed by atoms with Crippen LogP contribution in [0.3, 0.4) is 0 Å². The topological polar surface area (TPSA) is 92.7 Å². The van der Waals surface area contributed by atoms with E-state index in [4.69, 9.17) is 0 Å². The summed E-state index contributed by atoms with van der Waals surface area (Å²) in [5.41, 5.74) is 3.18. The quantitative estimate of drug-likeness (QED) is 0.759. The minimum Gasteiger partial charge on any atom is -0.331 e. The zero-order valence-electron chi connectivity index (χ0n) is 14.4. The molecule has 0 amide bonds. The summed E-state index contributed by atoms with van der Waals surface area (Å²) >= 11 is 0. The number of fused-ring (bicyclic) bond motifs is 1. The second kappa shape index (κ2) is 5.62. The molecule has 3 aromatic rings. The summed E-state index contributed by atoms with van der Waals surface area (Å²) in [6.45, 7) is 7.50. The lowest BCUT2D eigenvalue weighted by Crippen LogP contribution is -2.14. The van der Waals surface area contributed by atoms with Crippen LogP contribution >= 0.6 is 0 Å². The Bertz CT molecular complexity index is 995. The van der Waals surface area contributed by atoms with Crippen molar-refractivity contribution < 1.29 is 8.42 Å². The number of aryl methyl sites for hydroxylation is 3. The molecule has 0 atom stereocenters. The first-order valence-electron chi connectivity index (χ1n) is 7.71. The Morgan fingerprint density at radius 1 is 1.25 bits per heavy atom. The maximum Gasteiger partial charge on any atom is 0.265 e. The first kappa shape index (κ1) is 16.5. The number of hydrogen-bond donors (Lipinski definition) is 2. The van der Waals surface area contributed by atoms with Gasteiger partial charge in [0.2, 0.25) is 0 Å². The standard InChI is InChI=1S/C16H21N5O2S/c1-9(2)16-17-13-8-12(6-7-14(13)21(16)5)20-24(22,23)15-10(3)18-19-11(15)4/h6-9,20H,1-5H3,(H,18,19). The highest BCUT2D eigenvalue weighted by molar-refractivity contribution is 7.92. The van der Waals surface area contributed by atoms with Crippen LogP contribution in [0.25, 0.3) is 11.0 Å². The Morgan fingerprint density at radius 3 is 2.54 bits per heavy atom. The van der Waals surface area contributed by atoms with E-state index in [1.54, 1.807) is 26.0 Å². The Morgan fingerprint density at radius 2 is 1.96 bits per heavy atom. The molecule has 7 nitrogen and oxygen atoms in total. The van der Waals surface area contributed by atoms with Crippen LogP contribution in [-0.2, 0) is 17.1 Å². The van der Waals surface area contributed by atoms with Gasteiger partial charge in [-0.15, -0.1) is 0 Å². The molecule has 2 N–H and O–H groups in total. The number of sulfonamides is 1. The molecule has 0 bridgehead atoms. The number of rotatable bonds is 4. The molecule has 2 aromatic heterocycles. The van der Waals surface area contributed by atoms with E-state index < -0.39 is 10.0 Å². The highest BCUT2D eigenvalue weighted by Crippen LogP contribution is 2.26. The van der Waals surface area contributed by atoms with Crippen molar-refractivity contribution >= 4 is 26.7 Å². The van der Waals surface area contributed by atoms with Crippen LogP contribution in [0.2, 0.25) is 0 Å². The molecule has 0 unspecified atom stereocenters. The third kappa shape index (κ3) is 2.66. The van der Waals surface area contributed by atoms with Crippen LogP contribution in [-0.4, -0.2) is 28.2 Å². The average Bonchev–Trinajstić information content (AvgIpc) is 2.99. The molecule has 0 saturated carbocycles. The first-order chi connectivity index (χ1) is 11.2. The van der Waals surface area contributed by atoms with E-state index in [1.165, 1.54) is 0 Å². The van der Waals surface area contributed by atoms with Crippen molar-refractivity contribution in [1.82, 2.24) is 19.7 Å². The molecule has 0 fully saturated rings. The maximum atomic E-state index is 12.6. The summed E-state index contributed by atoms with van der Waals surface area (Å²) in [6.07, 6.45) is 0. The van der Waals surface area contributed by atoms with Crippen molar-refractivity contribution in [3.05, 3.63) is 35.4 Å². The molecular weight excluding hydrogens is 326 g/mol. The van der Waals surface area contributed by atoms with E-state index in [2.05, 4.69) is 33.8 Å². The SMILES string of the molecule is Cc1n[nH]c(C)c1S(=O)(=O)Nc1ccc2c(c1)nc(C(C)C)n2C. The molecule has 0 radical (unpaired) electrons. The lowest BCUT2D eigenvalue weighted by molar-refractivity contribution is 0.600. The fourth-order valence-electron chi connectivity index (χ4n) is 2.94. The van der Waals surface area contributed by atoms with Crippen molar-refractivity contribution in [2.75, 3.05) is 4.72 Å². The van der Waals surface area contributed by atoms with Crippen molar-refractivity contribution in [1.29, 1.82) is 0 Å². The van der Waals surface area contributed by atoms with Crippen molar-refractivity contribution in [3.63, 3.8) is 0 Å². The van der Waals surface area contributed by atoms with Gasteiger partial charge < -0.3 is 4.57 Å². The summed E-state index contributed by atoms with van der Waals surface area (Å²) in [4.78, 5) is 4.80. The second-order valence-corrected chi connectivity index (χ2v) is 7.88. The van der Waals surface area contributed by atoms with E-state index in [9.17, 15) is 8.42 Å². The zero-order valence-corrected chi connectivity index (χ0v) is 15.2. The molecule has 24 heavy (non-hydrogen) atoms. The van der Waals surface area contributed by atoms with Gasteiger partial charge in [-0.2, -0.15) is 5.10 Å². The number of H-pyrrole nitrogens is 1. The van der Waals surface area contributed by atoms with Gasteiger partial charge in [0.05, 0.1) is 28.1 Å². The minimum atomic E-state index is -3.70. The summed E-state index contributed by atoms with van der Waals surface area (Å²) in [5, 5.41) is 6.65. The molecule has 3 rings (SSSR count). The number of imidazole rings is 1. The van der Waals surface area contributed by atoms with Gasteiger partial charge in [-0.1, -0.05) is 13.8 Å². The van der Waals surface area contributed by atoms with Crippen molar-refractivity contribution in [3.8, 4) is 0 Å². The molecule has 0 aliphatic rings. The number of aromatic nitrogens is 4. The normalized spacial score (nSPS) is 12.2. The van der Waals surface area contributed by atoms with Crippen LogP contribution in [0.1, 0.15) is 37.0 Å². The van der Waals surface area contributed by atoms with E-state index in [1.807, 2.05) is 17.7 Å². The molecule has 2 heterocycles. The van der Waals surface area contributed by atoms with Gasteiger partial charge in [-0.05, 0) is 32.0 Å². The van der Waals surface area contributed by atoms with Crippen molar-refractivity contribution in [2.24, 2.45) is 7.05 Å². The number of nitrogens with one attached hydrogen (secondary N) is 2. The van der Waals surface area contributed by atoms with Crippen molar-refractivity contribution in [2.45, 2.75) is 38.5 Å². The predicted molar refractivity (Wildman–Crippen MR) is 93.7 cm³/mol. The summed E-state index contributed by atoms with van der Waals surface area (Å²) < 4.78 is 29.9. The van der Waals surface area contributed by atoms with Gasteiger partial charge >= 0.3 is 0 Å². The van der Waals surface area contributed by atoms with Crippen LogP contribution in [0.15, 0.2) is 23.1 Å². The van der Waals surface area contributed by atoms with Gasteiger partial charge in [0.15, 0.2) is 0 Å². The lowest BCUT2D eigenvalue weighted by atomic mass is 10.2. The molecule has 1 aromatic carbocycles. The van der Waals surface area contributed by atoms with Gasteiger partial charge in [0.25, 0.3) is 10.0 Å². The summed E-state index contributed by atoms with van der Waals surface area (Å²) in [6, 6.07) is 5.38. The van der Waals surface area contributed by atoms with Crippen LogP contribution in [0.4, 0.5) is 5.69 Å². The Labute approximate surface area is 141 Å². The smallest absolute Gasteiger partial charge is 0.265 e. The molecule has 0 spiro atoms. The van der Waals surface area contributed by atoms with Gasteiger partial charge in [0, 0.05) is 13.0 Å². The highest BCUT2D eigenvalue weighted by Gasteiger charge is 2.22. The maximum absolute atomic E-state index is 12.6. The van der Waals surface area contributed by atoms with Crippen LogP contribution in [0, 0.1) is 13.8 Å². The average molecular weight is 347 g/mol. The first-order valence-corrected chi connectivity index (χ1v) is 9.20. The molecule has 0 aliphatic carbocycles. The number of benzene rings is 1. The fourth-order valence-corrected chi connectivity index (χ4v) is 4.36. The fraction of sp³-hybridized carbons (Fsp3) is 0.375. The van der Waals surface area contributed by atoms with E-state index >= 15 is 0 Å². The lowest BCUT2D eigenvalue weighted by Gasteiger charge is -2.08. The number of nitrogens with zero attached hydrogens (tertiary/aromatic N) is 3. The number of anilines is 1.